The van der Waals surface area contributed by atoms with Crippen LogP contribution in [0.1, 0.15) is 11.4 Å². The van der Waals surface area contributed by atoms with Crippen LogP contribution in [0.2, 0.25) is 0 Å². The molecule has 0 aliphatic heterocycles. The minimum absolute atomic E-state index is 0.446. The van der Waals surface area contributed by atoms with Gasteiger partial charge in [0.05, 0.1) is 25.0 Å². The Morgan fingerprint density at radius 2 is 2.00 bits per heavy atom. The molecule has 0 spiro atoms. The fourth-order valence-corrected chi connectivity index (χ4v) is 1.83. The molecule has 2 aromatic heterocycles. The highest BCUT2D eigenvalue weighted by molar-refractivity contribution is 5.54. The van der Waals surface area contributed by atoms with Gasteiger partial charge >= 0.3 is 0 Å². The van der Waals surface area contributed by atoms with E-state index in [1.807, 2.05) is 43.1 Å². The Kier molecular flexibility index (Phi) is 3.85. The van der Waals surface area contributed by atoms with Crippen LogP contribution in [0.3, 0.4) is 0 Å². The lowest BCUT2D eigenvalue weighted by molar-refractivity contribution is 0.400. The van der Waals surface area contributed by atoms with Crippen molar-refractivity contribution in [2.75, 3.05) is 24.8 Å². The van der Waals surface area contributed by atoms with Gasteiger partial charge in [-0.3, -0.25) is 4.98 Å². The van der Waals surface area contributed by atoms with E-state index < -0.39 is 0 Å². The molecule has 2 heterocycles. The summed E-state index contributed by atoms with van der Waals surface area (Å²) in [6, 6.07) is 9.64. The normalized spacial score (nSPS) is 10.3. The standard InChI is InChI=1S/C14H18N4O/c1-10-5-4-6-11(16-10)9-18(2)13-8-7-12(15)14(17-13)19-3/h4-8H,9,15H2,1-3H3. The second-order valence-electron chi connectivity index (χ2n) is 4.39. The summed E-state index contributed by atoms with van der Waals surface area (Å²) in [6.45, 7) is 2.66. The quantitative estimate of drug-likeness (QED) is 0.908. The monoisotopic (exact) mass is 258 g/mol. The van der Waals surface area contributed by atoms with Crippen molar-refractivity contribution < 1.29 is 4.74 Å². The zero-order valence-corrected chi connectivity index (χ0v) is 11.4. The van der Waals surface area contributed by atoms with E-state index >= 15 is 0 Å². The summed E-state index contributed by atoms with van der Waals surface area (Å²) in [5, 5.41) is 0. The molecule has 2 aromatic rings. The van der Waals surface area contributed by atoms with Crippen LogP contribution in [0.5, 0.6) is 5.88 Å². The highest BCUT2D eigenvalue weighted by Crippen LogP contribution is 2.22. The molecule has 2 N–H and O–H groups in total. The number of hydrogen-bond donors (Lipinski definition) is 1. The summed E-state index contributed by atoms with van der Waals surface area (Å²) in [5.41, 5.74) is 8.30. The minimum atomic E-state index is 0.446. The van der Waals surface area contributed by atoms with Gasteiger partial charge in [-0.25, -0.2) is 0 Å². The second-order valence-corrected chi connectivity index (χ2v) is 4.39. The van der Waals surface area contributed by atoms with Crippen molar-refractivity contribution in [1.82, 2.24) is 9.97 Å². The van der Waals surface area contributed by atoms with Crippen LogP contribution < -0.4 is 15.4 Å². The fourth-order valence-electron chi connectivity index (χ4n) is 1.83. The molecular formula is C14H18N4O. The largest absolute Gasteiger partial charge is 0.479 e. The highest BCUT2D eigenvalue weighted by Gasteiger charge is 2.08. The summed E-state index contributed by atoms with van der Waals surface area (Å²) in [6.07, 6.45) is 0. The van der Waals surface area contributed by atoms with E-state index in [9.17, 15) is 0 Å². The van der Waals surface area contributed by atoms with Crippen LogP contribution in [0.4, 0.5) is 11.5 Å². The molecule has 0 aliphatic rings. The second kappa shape index (κ2) is 5.56. The molecule has 5 nitrogen and oxygen atoms in total. The van der Waals surface area contributed by atoms with Crippen molar-refractivity contribution in [2.45, 2.75) is 13.5 Å². The first-order chi connectivity index (χ1) is 9.10. The summed E-state index contributed by atoms with van der Waals surface area (Å²) >= 11 is 0. The van der Waals surface area contributed by atoms with E-state index in [4.69, 9.17) is 10.5 Å². The van der Waals surface area contributed by atoms with E-state index in [-0.39, 0.29) is 0 Å². The van der Waals surface area contributed by atoms with Crippen LogP contribution in [-0.2, 0) is 6.54 Å². The first kappa shape index (κ1) is 13.1. The van der Waals surface area contributed by atoms with Crippen LogP contribution in [0.25, 0.3) is 0 Å². The zero-order valence-electron chi connectivity index (χ0n) is 11.4. The third-order valence-electron chi connectivity index (χ3n) is 2.80. The van der Waals surface area contributed by atoms with Crippen molar-refractivity contribution in [3.05, 3.63) is 41.7 Å². The minimum Gasteiger partial charge on any atom is -0.479 e. The number of aryl methyl sites for hydroxylation is 1. The number of anilines is 2. The summed E-state index contributed by atoms with van der Waals surface area (Å²) in [7, 11) is 3.52. The van der Waals surface area contributed by atoms with Gasteiger partial charge in [-0.15, -0.1) is 0 Å². The molecule has 100 valence electrons. The molecule has 0 saturated heterocycles. The van der Waals surface area contributed by atoms with E-state index in [1.54, 1.807) is 13.2 Å². The van der Waals surface area contributed by atoms with Crippen molar-refractivity contribution >= 4 is 11.5 Å². The van der Waals surface area contributed by atoms with Gasteiger partial charge in [0.1, 0.15) is 5.82 Å². The van der Waals surface area contributed by atoms with Crippen LogP contribution in [-0.4, -0.2) is 24.1 Å². The molecule has 0 atom stereocenters. The van der Waals surface area contributed by atoms with Gasteiger partial charge in [-0.05, 0) is 31.2 Å². The predicted octanol–water partition coefficient (Wildman–Crippen LogP) is 2.01. The Morgan fingerprint density at radius 1 is 1.21 bits per heavy atom. The van der Waals surface area contributed by atoms with E-state index in [2.05, 4.69) is 9.97 Å². The molecule has 0 fully saturated rings. The lowest BCUT2D eigenvalue weighted by atomic mass is 10.3. The molecular weight excluding hydrogens is 240 g/mol. The lowest BCUT2D eigenvalue weighted by Crippen LogP contribution is -2.19. The molecule has 0 unspecified atom stereocenters. The van der Waals surface area contributed by atoms with Crippen LogP contribution in [0.15, 0.2) is 30.3 Å². The van der Waals surface area contributed by atoms with Crippen molar-refractivity contribution in [2.24, 2.45) is 0 Å². The molecule has 0 amide bonds. The van der Waals surface area contributed by atoms with Gasteiger partial charge in [0.25, 0.3) is 0 Å². The first-order valence-electron chi connectivity index (χ1n) is 6.04. The maximum atomic E-state index is 5.75. The molecule has 0 radical (unpaired) electrons. The summed E-state index contributed by atoms with van der Waals surface area (Å²) < 4.78 is 5.13. The number of pyridine rings is 2. The van der Waals surface area contributed by atoms with E-state index in [0.29, 0.717) is 18.1 Å². The average molecular weight is 258 g/mol. The Morgan fingerprint density at radius 3 is 2.68 bits per heavy atom. The van der Waals surface area contributed by atoms with E-state index in [1.165, 1.54) is 0 Å². The highest BCUT2D eigenvalue weighted by atomic mass is 16.5. The number of hydrogen-bond acceptors (Lipinski definition) is 5. The van der Waals surface area contributed by atoms with Gasteiger partial charge in [-0.2, -0.15) is 4.98 Å². The summed E-state index contributed by atoms with van der Waals surface area (Å²) in [5.74, 6) is 1.25. The maximum absolute atomic E-state index is 5.75. The van der Waals surface area contributed by atoms with Crippen LogP contribution in [0, 0.1) is 6.92 Å². The predicted molar refractivity (Wildman–Crippen MR) is 76.3 cm³/mol. The SMILES string of the molecule is COc1nc(N(C)Cc2cccc(C)n2)ccc1N. The molecule has 2 rings (SSSR count). The molecule has 0 aromatic carbocycles. The van der Waals surface area contributed by atoms with Crippen molar-refractivity contribution in [3.63, 3.8) is 0 Å². The van der Waals surface area contributed by atoms with Crippen molar-refractivity contribution in [3.8, 4) is 5.88 Å². The number of nitrogens with two attached hydrogens (primary N) is 1. The van der Waals surface area contributed by atoms with Crippen LogP contribution >= 0.6 is 0 Å². The van der Waals surface area contributed by atoms with Gasteiger partial charge in [0, 0.05) is 12.7 Å². The van der Waals surface area contributed by atoms with Gasteiger partial charge < -0.3 is 15.4 Å². The molecule has 5 heteroatoms. The molecule has 0 bridgehead atoms. The third kappa shape index (κ3) is 3.13. The Bertz CT molecular complexity index is 571. The van der Waals surface area contributed by atoms with Gasteiger partial charge in [0.2, 0.25) is 5.88 Å². The Hall–Kier alpha value is -2.30. The smallest absolute Gasteiger partial charge is 0.238 e. The van der Waals surface area contributed by atoms with E-state index in [0.717, 1.165) is 17.2 Å². The van der Waals surface area contributed by atoms with Crippen molar-refractivity contribution in [1.29, 1.82) is 0 Å². The molecule has 0 aliphatic carbocycles. The number of nitrogens with zero attached hydrogens (tertiary/aromatic N) is 3. The fraction of sp³-hybridized carbons (Fsp3) is 0.286. The average Bonchev–Trinajstić information content (AvgIpc) is 2.39. The number of nitrogen functional groups attached to an aromatic ring is 1. The molecule has 0 saturated carbocycles. The number of aromatic nitrogens is 2. The first-order valence-corrected chi connectivity index (χ1v) is 6.04. The number of methoxy groups -OCH3 is 1. The summed E-state index contributed by atoms with van der Waals surface area (Å²) in [4.78, 5) is 10.8. The van der Waals surface area contributed by atoms with Gasteiger partial charge in [0.15, 0.2) is 0 Å². The number of ether oxygens (including phenoxy) is 1. The van der Waals surface area contributed by atoms with Gasteiger partial charge in [-0.1, -0.05) is 6.07 Å². The Labute approximate surface area is 113 Å². The topological polar surface area (TPSA) is 64.3 Å². The lowest BCUT2D eigenvalue weighted by Gasteiger charge is -2.18. The molecule has 19 heavy (non-hydrogen) atoms. The Balaban J connectivity index is 2.18. The zero-order chi connectivity index (χ0) is 13.8. The third-order valence-corrected chi connectivity index (χ3v) is 2.80. The maximum Gasteiger partial charge on any atom is 0.238 e. The number of rotatable bonds is 4.